The van der Waals surface area contributed by atoms with Crippen LogP contribution in [0.3, 0.4) is 0 Å². The van der Waals surface area contributed by atoms with E-state index in [2.05, 4.69) is 15.0 Å². The quantitative estimate of drug-likeness (QED) is 0.310. The van der Waals surface area contributed by atoms with Crippen LogP contribution in [0, 0.1) is 11.6 Å². The molecule has 12 heteroatoms. The highest BCUT2D eigenvalue weighted by Crippen LogP contribution is 2.44. The van der Waals surface area contributed by atoms with Crippen LogP contribution in [0.25, 0.3) is 33.1 Å². The van der Waals surface area contributed by atoms with E-state index in [4.69, 9.17) is 14.2 Å². The number of hydrogen-bond donors (Lipinski definition) is 0. The van der Waals surface area contributed by atoms with Crippen molar-refractivity contribution in [2.45, 2.75) is 57.9 Å². The average Bonchev–Trinajstić information content (AvgIpc) is 3.33. The minimum Gasteiger partial charge on any atom is -0.490 e. The molecule has 220 valence electrons. The largest absolute Gasteiger partial charge is 0.490 e. The SMILES string of the molecule is CC(C)(C)OC(=O)N1CCN2c3ncnc4c(F)c(-c5c(F)ccc6c5ncn6C5CCCCO5)cc(c34)OC[C@@H]2C1. The van der Waals surface area contributed by atoms with E-state index in [1.165, 1.54) is 18.5 Å². The normalized spacial score (nSPS) is 20.8. The number of fused-ring (bicyclic) bond motifs is 3. The first-order chi connectivity index (χ1) is 20.2. The third-order valence-corrected chi connectivity index (χ3v) is 8.06. The Balaban J connectivity index is 1.29. The van der Waals surface area contributed by atoms with Crippen molar-refractivity contribution in [2.75, 3.05) is 37.7 Å². The molecule has 4 aromatic rings. The smallest absolute Gasteiger partial charge is 0.410 e. The van der Waals surface area contributed by atoms with E-state index in [9.17, 15) is 4.79 Å². The van der Waals surface area contributed by atoms with E-state index in [0.717, 1.165) is 19.3 Å². The van der Waals surface area contributed by atoms with E-state index in [1.54, 1.807) is 17.3 Å². The molecule has 2 aromatic carbocycles. The van der Waals surface area contributed by atoms with Gasteiger partial charge in [0.2, 0.25) is 0 Å². The second-order valence-electron chi connectivity index (χ2n) is 12.0. The summed E-state index contributed by atoms with van der Waals surface area (Å²) in [6.07, 6.45) is 5.18. The van der Waals surface area contributed by atoms with Crippen molar-refractivity contribution in [1.29, 1.82) is 0 Å². The summed E-state index contributed by atoms with van der Waals surface area (Å²) >= 11 is 0. The van der Waals surface area contributed by atoms with Crippen molar-refractivity contribution < 1.29 is 27.8 Å². The highest BCUT2D eigenvalue weighted by atomic mass is 19.1. The van der Waals surface area contributed by atoms with Gasteiger partial charge in [0.1, 0.15) is 47.7 Å². The number of anilines is 1. The molecule has 0 bridgehead atoms. The van der Waals surface area contributed by atoms with E-state index in [-0.39, 0.29) is 35.5 Å². The predicted octanol–water partition coefficient (Wildman–Crippen LogP) is 5.44. The summed E-state index contributed by atoms with van der Waals surface area (Å²) in [6.45, 7) is 7.54. The van der Waals surface area contributed by atoms with Crippen LogP contribution >= 0.6 is 0 Å². The van der Waals surface area contributed by atoms with Gasteiger partial charge in [0.15, 0.2) is 5.82 Å². The maximum atomic E-state index is 16.4. The number of piperazine rings is 1. The number of amides is 1. The molecule has 2 fully saturated rings. The maximum absolute atomic E-state index is 16.4. The minimum absolute atomic E-state index is 0.00955. The molecule has 3 aliphatic heterocycles. The van der Waals surface area contributed by atoms with Crippen LogP contribution in [-0.4, -0.2) is 75.0 Å². The fourth-order valence-corrected chi connectivity index (χ4v) is 6.14. The van der Waals surface area contributed by atoms with Gasteiger partial charge in [-0.05, 0) is 58.2 Å². The fourth-order valence-electron chi connectivity index (χ4n) is 6.14. The Morgan fingerprint density at radius 1 is 1.10 bits per heavy atom. The molecule has 0 saturated carbocycles. The molecular weight excluding hydrogens is 546 g/mol. The topological polar surface area (TPSA) is 94.8 Å². The van der Waals surface area contributed by atoms with Crippen molar-refractivity contribution in [3.05, 3.63) is 42.5 Å². The summed E-state index contributed by atoms with van der Waals surface area (Å²) < 4.78 is 51.6. The van der Waals surface area contributed by atoms with E-state index in [1.807, 2.05) is 30.2 Å². The van der Waals surface area contributed by atoms with Crippen molar-refractivity contribution >= 4 is 33.8 Å². The zero-order valence-electron chi connectivity index (χ0n) is 23.8. The summed E-state index contributed by atoms with van der Waals surface area (Å²) in [7, 11) is 0. The lowest BCUT2D eigenvalue weighted by molar-refractivity contribution is -0.0295. The lowest BCUT2D eigenvalue weighted by atomic mass is 9.99. The van der Waals surface area contributed by atoms with Gasteiger partial charge in [-0.15, -0.1) is 0 Å². The standard InChI is InChI=1S/C30H32F2N6O4/c1-30(2,3)42-29(39)36-9-10-37-17(13-36)14-41-21-12-18(25(32)27-24(21)28(37)34-15-33-27)23-19(31)7-8-20-26(23)35-16-38(20)22-6-4-5-11-40-22/h7-8,12,15-17,22H,4-6,9-11,13-14H2,1-3H3/t17-,22?/m0/s1. The van der Waals surface area contributed by atoms with Gasteiger partial charge in [0.25, 0.3) is 0 Å². The maximum Gasteiger partial charge on any atom is 0.410 e. The highest BCUT2D eigenvalue weighted by molar-refractivity contribution is 6.02. The number of ether oxygens (including phenoxy) is 3. The van der Waals surface area contributed by atoms with Crippen LogP contribution in [0.2, 0.25) is 0 Å². The molecular formula is C30H32F2N6O4. The van der Waals surface area contributed by atoms with Gasteiger partial charge in [-0.1, -0.05) is 0 Å². The Bertz CT molecular complexity index is 1700. The summed E-state index contributed by atoms with van der Waals surface area (Å²) in [5.41, 5.74) is 0.466. The molecule has 1 unspecified atom stereocenters. The van der Waals surface area contributed by atoms with E-state index < -0.39 is 23.3 Å². The molecule has 0 spiro atoms. The Kier molecular flexibility index (Phi) is 6.41. The number of benzene rings is 2. The first-order valence-electron chi connectivity index (χ1n) is 14.3. The monoisotopic (exact) mass is 578 g/mol. The Hall–Kier alpha value is -4.06. The Morgan fingerprint density at radius 3 is 2.74 bits per heavy atom. The first-order valence-corrected chi connectivity index (χ1v) is 14.3. The number of aromatic nitrogens is 4. The molecule has 2 aromatic heterocycles. The number of rotatable bonds is 2. The van der Waals surface area contributed by atoms with Gasteiger partial charge in [0.05, 0.1) is 28.8 Å². The van der Waals surface area contributed by atoms with Gasteiger partial charge in [-0.25, -0.2) is 28.5 Å². The van der Waals surface area contributed by atoms with Gasteiger partial charge >= 0.3 is 6.09 Å². The first kappa shape index (κ1) is 26.8. The summed E-state index contributed by atoms with van der Waals surface area (Å²) in [5.74, 6) is -0.413. The number of carbonyl (C=O) groups is 1. The molecule has 2 atom stereocenters. The predicted molar refractivity (Wildman–Crippen MR) is 151 cm³/mol. The minimum atomic E-state index is -0.679. The van der Waals surface area contributed by atoms with Crippen LogP contribution in [0.5, 0.6) is 5.75 Å². The number of nitrogens with zero attached hydrogens (tertiary/aromatic N) is 6. The number of halogens is 2. The molecule has 5 heterocycles. The lowest BCUT2D eigenvalue weighted by Gasteiger charge is -2.41. The second kappa shape index (κ2) is 10.0. The van der Waals surface area contributed by atoms with Crippen LogP contribution in [0.4, 0.5) is 19.4 Å². The van der Waals surface area contributed by atoms with Gasteiger partial charge in [-0.2, -0.15) is 0 Å². The van der Waals surface area contributed by atoms with Gasteiger partial charge in [0, 0.05) is 37.4 Å². The molecule has 7 rings (SSSR count). The van der Waals surface area contributed by atoms with Crippen LogP contribution in [-0.2, 0) is 9.47 Å². The van der Waals surface area contributed by atoms with Crippen LogP contribution in [0.15, 0.2) is 30.9 Å². The second-order valence-corrected chi connectivity index (χ2v) is 12.0. The number of hydrogen-bond acceptors (Lipinski definition) is 8. The third kappa shape index (κ3) is 4.48. The van der Waals surface area contributed by atoms with Gasteiger partial charge in [-0.3, -0.25) is 0 Å². The Morgan fingerprint density at radius 2 is 1.95 bits per heavy atom. The van der Waals surface area contributed by atoms with Crippen LogP contribution in [0.1, 0.15) is 46.3 Å². The zero-order valence-corrected chi connectivity index (χ0v) is 23.8. The van der Waals surface area contributed by atoms with E-state index >= 15 is 8.78 Å². The lowest BCUT2D eigenvalue weighted by Crippen LogP contribution is -2.57. The molecule has 42 heavy (non-hydrogen) atoms. The summed E-state index contributed by atoms with van der Waals surface area (Å²) in [5, 5.41) is 0.417. The summed E-state index contributed by atoms with van der Waals surface area (Å²) in [4.78, 5) is 29.8. The molecule has 0 radical (unpaired) electrons. The fraction of sp³-hybridized carbons (Fsp3) is 0.467. The Labute approximate surface area is 241 Å². The third-order valence-electron chi connectivity index (χ3n) is 8.06. The van der Waals surface area contributed by atoms with Crippen molar-refractivity contribution in [3.8, 4) is 16.9 Å². The number of imidazole rings is 1. The van der Waals surface area contributed by atoms with Crippen molar-refractivity contribution in [1.82, 2.24) is 24.4 Å². The van der Waals surface area contributed by atoms with Crippen molar-refractivity contribution in [3.63, 3.8) is 0 Å². The molecule has 10 nitrogen and oxygen atoms in total. The average molecular weight is 579 g/mol. The van der Waals surface area contributed by atoms with Gasteiger partial charge < -0.3 is 28.6 Å². The van der Waals surface area contributed by atoms with Crippen LogP contribution < -0.4 is 9.64 Å². The molecule has 0 aliphatic carbocycles. The molecule has 0 N–H and O–H groups in total. The summed E-state index contributed by atoms with van der Waals surface area (Å²) in [6, 6.07) is 4.24. The molecule has 2 saturated heterocycles. The zero-order chi connectivity index (χ0) is 29.2. The van der Waals surface area contributed by atoms with E-state index in [0.29, 0.717) is 54.2 Å². The molecule has 3 aliphatic rings. The molecule has 1 amide bonds. The highest BCUT2D eigenvalue weighted by Gasteiger charge is 2.37. The van der Waals surface area contributed by atoms with Crippen molar-refractivity contribution in [2.24, 2.45) is 0 Å². The number of carbonyl (C=O) groups excluding carboxylic acids is 1.